The molecule has 108 valence electrons. The second kappa shape index (κ2) is 5.62. The standard InChI is InChI=1S/C17H15BrFNO/c1-11-3-8-14-15(9-11)20(10-21-2)17(16(14)18)12-4-6-13(19)7-5-12/h3-9H,10H2,1-2H3. The molecule has 0 bridgehead atoms. The van der Waals surface area contributed by atoms with Crippen molar-refractivity contribution in [1.82, 2.24) is 4.57 Å². The normalized spacial score (nSPS) is 11.2. The monoisotopic (exact) mass is 347 g/mol. The topological polar surface area (TPSA) is 14.2 Å². The van der Waals surface area contributed by atoms with Crippen molar-refractivity contribution >= 4 is 26.8 Å². The minimum absolute atomic E-state index is 0.236. The number of nitrogens with zero attached hydrogens (tertiary/aromatic N) is 1. The minimum atomic E-state index is -0.236. The average Bonchev–Trinajstić information content (AvgIpc) is 2.73. The van der Waals surface area contributed by atoms with Crippen LogP contribution >= 0.6 is 15.9 Å². The van der Waals surface area contributed by atoms with Crippen LogP contribution in [0.1, 0.15) is 5.56 Å². The first-order valence-electron chi connectivity index (χ1n) is 6.65. The molecule has 4 heteroatoms. The van der Waals surface area contributed by atoms with Gasteiger partial charge in [-0.15, -0.1) is 0 Å². The van der Waals surface area contributed by atoms with Crippen molar-refractivity contribution in [3.8, 4) is 11.3 Å². The number of methoxy groups -OCH3 is 1. The number of hydrogen-bond acceptors (Lipinski definition) is 1. The Bertz CT molecular complexity index is 793. The zero-order valence-electron chi connectivity index (χ0n) is 11.9. The van der Waals surface area contributed by atoms with E-state index in [1.807, 2.05) is 0 Å². The third kappa shape index (κ3) is 2.49. The molecule has 0 saturated carbocycles. The molecule has 0 N–H and O–H groups in total. The van der Waals surface area contributed by atoms with Crippen molar-refractivity contribution in [3.63, 3.8) is 0 Å². The first-order valence-corrected chi connectivity index (χ1v) is 7.44. The van der Waals surface area contributed by atoms with E-state index in [0.717, 1.165) is 26.6 Å². The van der Waals surface area contributed by atoms with Crippen LogP contribution in [0.3, 0.4) is 0 Å². The van der Waals surface area contributed by atoms with E-state index in [2.05, 4.69) is 45.6 Å². The van der Waals surface area contributed by atoms with Crippen molar-refractivity contribution in [2.24, 2.45) is 0 Å². The molecule has 3 rings (SSSR count). The van der Waals surface area contributed by atoms with E-state index in [4.69, 9.17) is 4.74 Å². The number of aryl methyl sites for hydroxylation is 1. The number of rotatable bonds is 3. The van der Waals surface area contributed by atoms with Crippen LogP contribution in [0.4, 0.5) is 4.39 Å². The molecule has 0 aliphatic heterocycles. The molecule has 0 amide bonds. The molecule has 1 heterocycles. The molecule has 21 heavy (non-hydrogen) atoms. The van der Waals surface area contributed by atoms with Crippen LogP contribution < -0.4 is 0 Å². The molecule has 0 fully saturated rings. The number of hydrogen-bond donors (Lipinski definition) is 0. The molecule has 2 aromatic carbocycles. The fourth-order valence-corrected chi connectivity index (χ4v) is 3.35. The first kappa shape index (κ1) is 14.3. The Morgan fingerprint density at radius 2 is 1.86 bits per heavy atom. The van der Waals surface area contributed by atoms with Crippen LogP contribution in [-0.4, -0.2) is 11.7 Å². The number of ether oxygens (including phenoxy) is 1. The Morgan fingerprint density at radius 1 is 1.14 bits per heavy atom. The van der Waals surface area contributed by atoms with Gasteiger partial charge < -0.3 is 9.30 Å². The van der Waals surface area contributed by atoms with Crippen molar-refractivity contribution in [3.05, 3.63) is 58.3 Å². The summed E-state index contributed by atoms with van der Waals surface area (Å²) in [6.07, 6.45) is 0. The van der Waals surface area contributed by atoms with Gasteiger partial charge in [-0.1, -0.05) is 12.1 Å². The quantitative estimate of drug-likeness (QED) is 0.641. The lowest BCUT2D eigenvalue weighted by molar-refractivity contribution is 0.136. The molecule has 0 aliphatic rings. The second-order valence-corrected chi connectivity index (χ2v) is 5.83. The molecule has 0 atom stereocenters. The zero-order chi connectivity index (χ0) is 15.0. The Kier molecular flexibility index (Phi) is 3.83. The molecule has 0 aliphatic carbocycles. The van der Waals surface area contributed by atoms with Gasteiger partial charge >= 0.3 is 0 Å². The predicted molar refractivity (Wildman–Crippen MR) is 86.8 cm³/mol. The lowest BCUT2D eigenvalue weighted by Crippen LogP contribution is -2.02. The number of fused-ring (bicyclic) bond motifs is 1. The Morgan fingerprint density at radius 3 is 2.52 bits per heavy atom. The van der Waals surface area contributed by atoms with Gasteiger partial charge in [0.2, 0.25) is 0 Å². The van der Waals surface area contributed by atoms with E-state index in [1.54, 1.807) is 19.2 Å². The third-order valence-electron chi connectivity index (χ3n) is 3.53. The van der Waals surface area contributed by atoms with Gasteiger partial charge in [0.15, 0.2) is 0 Å². The Labute approximate surface area is 131 Å². The lowest BCUT2D eigenvalue weighted by Gasteiger charge is -2.10. The molecule has 2 nitrogen and oxygen atoms in total. The molecule has 0 spiro atoms. The molecule has 0 saturated heterocycles. The molecule has 3 aromatic rings. The molecule has 1 aromatic heterocycles. The van der Waals surface area contributed by atoms with Crippen LogP contribution in [0.15, 0.2) is 46.9 Å². The molecular weight excluding hydrogens is 333 g/mol. The fraction of sp³-hybridized carbons (Fsp3) is 0.176. The van der Waals surface area contributed by atoms with E-state index >= 15 is 0 Å². The van der Waals surface area contributed by atoms with Crippen molar-refractivity contribution < 1.29 is 9.13 Å². The van der Waals surface area contributed by atoms with Crippen molar-refractivity contribution in [2.45, 2.75) is 13.7 Å². The summed E-state index contributed by atoms with van der Waals surface area (Å²) in [7, 11) is 1.67. The third-order valence-corrected chi connectivity index (χ3v) is 4.34. The SMILES string of the molecule is COCn1c(-c2ccc(F)cc2)c(Br)c2ccc(C)cc21. The maximum atomic E-state index is 13.2. The highest BCUT2D eigenvalue weighted by atomic mass is 79.9. The van der Waals surface area contributed by atoms with Crippen LogP contribution in [0.5, 0.6) is 0 Å². The fourth-order valence-electron chi connectivity index (χ4n) is 2.57. The lowest BCUT2D eigenvalue weighted by atomic mass is 10.1. The van der Waals surface area contributed by atoms with E-state index in [-0.39, 0.29) is 5.82 Å². The maximum absolute atomic E-state index is 13.2. The maximum Gasteiger partial charge on any atom is 0.123 e. The highest BCUT2D eigenvalue weighted by Gasteiger charge is 2.17. The number of aromatic nitrogens is 1. The largest absolute Gasteiger partial charge is 0.364 e. The van der Waals surface area contributed by atoms with Gasteiger partial charge in [0.25, 0.3) is 0 Å². The first-order chi connectivity index (χ1) is 10.1. The van der Waals surface area contributed by atoms with E-state index < -0.39 is 0 Å². The molecule has 0 radical (unpaired) electrons. The summed E-state index contributed by atoms with van der Waals surface area (Å²) in [5.41, 5.74) is 4.24. The van der Waals surface area contributed by atoms with Gasteiger partial charge in [-0.3, -0.25) is 0 Å². The average molecular weight is 348 g/mol. The van der Waals surface area contributed by atoms with E-state index in [0.29, 0.717) is 6.73 Å². The molecule has 0 unspecified atom stereocenters. The summed E-state index contributed by atoms with van der Waals surface area (Å²) in [5, 5.41) is 1.12. The van der Waals surface area contributed by atoms with Crippen LogP contribution in [-0.2, 0) is 11.5 Å². The highest BCUT2D eigenvalue weighted by Crippen LogP contribution is 2.38. The Balaban J connectivity index is 2.32. The van der Waals surface area contributed by atoms with Gasteiger partial charge in [0.1, 0.15) is 12.5 Å². The highest BCUT2D eigenvalue weighted by molar-refractivity contribution is 9.10. The summed E-state index contributed by atoms with van der Waals surface area (Å²) in [4.78, 5) is 0. The van der Waals surface area contributed by atoms with Crippen molar-refractivity contribution in [1.29, 1.82) is 0 Å². The molecular formula is C17H15BrFNO. The summed E-state index contributed by atoms with van der Waals surface area (Å²) in [6, 6.07) is 12.8. The van der Waals surface area contributed by atoms with Crippen LogP contribution in [0.2, 0.25) is 0 Å². The predicted octanol–water partition coefficient (Wildman–Crippen LogP) is 5.12. The smallest absolute Gasteiger partial charge is 0.123 e. The summed E-state index contributed by atoms with van der Waals surface area (Å²) < 4.78 is 21.6. The van der Waals surface area contributed by atoms with E-state index in [1.165, 1.54) is 17.7 Å². The van der Waals surface area contributed by atoms with E-state index in [9.17, 15) is 4.39 Å². The van der Waals surface area contributed by atoms with Crippen LogP contribution in [0.25, 0.3) is 22.2 Å². The van der Waals surface area contributed by atoms with Crippen molar-refractivity contribution in [2.75, 3.05) is 7.11 Å². The zero-order valence-corrected chi connectivity index (χ0v) is 13.4. The van der Waals surface area contributed by atoms with Gasteiger partial charge in [-0.2, -0.15) is 0 Å². The minimum Gasteiger partial charge on any atom is -0.364 e. The second-order valence-electron chi connectivity index (χ2n) is 5.04. The summed E-state index contributed by atoms with van der Waals surface area (Å²) >= 11 is 3.68. The summed E-state index contributed by atoms with van der Waals surface area (Å²) in [6.45, 7) is 2.51. The van der Waals surface area contributed by atoms with Gasteiger partial charge in [-0.25, -0.2) is 4.39 Å². The Hall–Kier alpha value is -1.65. The van der Waals surface area contributed by atoms with Gasteiger partial charge in [0, 0.05) is 12.5 Å². The van der Waals surface area contributed by atoms with Crippen LogP contribution in [0, 0.1) is 12.7 Å². The van der Waals surface area contributed by atoms with Gasteiger partial charge in [-0.05, 0) is 64.3 Å². The van der Waals surface area contributed by atoms with Gasteiger partial charge in [0.05, 0.1) is 15.7 Å². The summed E-state index contributed by atoms with van der Waals surface area (Å²) in [5.74, 6) is -0.236. The number of halogens is 2. The number of benzene rings is 2.